The fourth-order valence-electron chi connectivity index (χ4n) is 1.60. The van der Waals surface area contributed by atoms with Gasteiger partial charge in [0.2, 0.25) is 10.0 Å². The summed E-state index contributed by atoms with van der Waals surface area (Å²) in [5, 5.41) is 9.10. The van der Waals surface area contributed by atoms with Gasteiger partial charge in [-0.15, -0.1) is 0 Å². The molecular formula is C14H23NO3S. The molecule has 2 N–H and O–H groups in total. The zero-order chi connectivity index (χ0) is 14.5. The fraction of sp³-hybridized carbons (Fsp3) is 0.571. The Hall–Kier alpha value is -0.910. The molecule has 0 aliphatic heterocycles. The van der Waals surface area contributed by atoms with Gasteiger partial charge in [0.05, 0.1) is 11.0 Å². The van der Waals surface area contributed by atoms with Gasteiger partial charge in [0.25, 0.3) is 0 Å². The second kappa shape index (κ2) is 7.03. The van der Waals surface area contributed by atoms with E-state index in [1.807, 2.05) is 12.1 Å². The first-order chi connectivity index (χ1) is 8.81. The minimum atomic E-state index is -3.51. The third kappa shape index (κ3) is 5.72. The smallest absolute Gasteiger partial charge is 0.240 e. The average molecular weight is 285 g/mol. The first-order valence-electron chi connectivity index (χ1n) is 6.58. The summed E-state index contributed by atoms with van der Waals surface area (Å²) in [5.41, 5.74) is 1.14. The third-order valence-corrected chi connectivity index (χ3v) is 4.25. The number of aryl methyl sites for hydroxylation is 1. The maximum atomic E-state index is 11.9. The van der Waals surface area contributed by atoms with Crippen molar-refractivity contribution in [3.05, 3.63) is 29.8 Å². The second-order valence-electron chi connectivity index (χ2n) is 5.28. The molecule has 0 saturated heterocycles. The van der Waals surface area contributed by atoms with Crippen LogP contribution in [0.25, 0.3) is 0 Å². The van der Waals surface area contributed by atoms with E-state index in [0.29, 0.717) is 5.92 Å². The molecule has 5 heteroatoms. The molecule has 0 fully saturated rings. The standard InChI is InChI=1S/C14H23NO3S/c1-11(2)4-5-13-6-8-14(9-7-13)19(17,18)15-10-12(3)16/h6-9,11-12,15-16H,4-5,10H2,1-3H3. The lowest BCUT2D eigenvalue weighted by Crippen LogP contribution is -2.30. The van der Waals surface area contributed by atoms with E-state index in [0.717, 1.165) is 18.4 Å². The van der Waals surface area contributed by atoms with Gasteiger partial charge in [0.15, 0.2) is 0 Å². The Morgan fingerprint density at radius 2 is 1.74 bits per heavy atom. The van der Waals surface area contributed by atoms with Crippen molar-refractivity contribution >= 4 is 10.0 Å². The number of sulfonamides is 1. The van der Waals surface area contributed by atoms with Crippen molar-refractivity contribution in [3.8, 4) is 0 Å². The van der Waals surface area contributed by atoms with Crippen LogP contribution in [0.1, 0.15) is 32.8 Å². The molecular weight excluding hydrogens is 262 g/mol. The van der Waals surface area contributed by atoms with E-state index in [-0.39, 0.29) is 11.4 Å². The summed E-state index contributed by atoms with van der Waals surface area (Å²) in [6.45, 7) is 5.90. The minimum Gasteiger partial charge on any atom is -0.392 e. The summed E-state index contributed by atoms with van der Waals surface area (Å²) >= 11 is 0. The number of hydrogen-bond donors (Lipinski definition) is 2. The van der Waals surface area contributed by atoms with E-state index < -0.39 is 16.1 Å². The average Bonchev–Trinajstić information content (AvgIpc) is 2.34. The van der Waals surface area contributed by atoms with Crippen LogP contribution < -0.4 is 4.72 Å². The van der Waals surface area contributed by atoms with E-state index in [1.54, 1.807) is 12.1 Å². The summed E-state index contributed by atoms with van der Waals surface area (Å²) in [5.74, 6) is 0.635. The topological polar surface area (TPSA) is 66.4 Å². The number of aliphatic hydroxyl groups is 1. The first-order valence-corrected chi connectivity index (χ1v) is 8.06. The molecule has 0 saturated carbocycles. The SMILES string of the molecule is CC(C)CCc1ccc(S(=O)(=O)NCC(C)O)cc1. The minimum absolute atomic E-state index is 0.0252. The van der Waals surface area contributed by atoms with Crippen molar-refractivity contribution in [2.45, 2.75) is 44.6 Å². The lowest BCUT2D eigenvalue weighted by Gasteiger charge is -2.09. The molecule has 108 valence electrons. The largest absolute Gasteiger partial charge is 0.392 e. The van der Waals surface area contributed by atoms with Crippen LogP contribution >= 0.6 is 0 Å². The van der Waals surface area contributed by atoms with Crippen molar-refractivity contribution < 1.29 is 13.5 Å². The van der Waals surface area contributed by atoms with Crippen LogP contribution in [0.4, 0.5) is 0 Å². The molecule has 0 aromatic heterocycles. The van der Waals surface area contributed by atoms with E-state index in [4.69, 9.17) is 5.11 Å². The van der Waals surface area contributed by atoms with Crippen LogP contribution in [0.15, 0.2) is 29.2 Å². The predicted molar refractivity (Wildman–Crippen MR) is 76.5 cm³/mol. The summed E-state index contributed by atoms with van der Waals surface area (Å²) in [6, 6.07) is 6.92. The van der Waals surface area contributed by atoms with Crippen LogP contribution in [-0.2, 0) is 16.4 Å². The molecule has 19 heavy (non-hydrogen) atoms. The highest BCUT2D eigenvalue weighted by atomic mass is 32.2. The normalized spacial score (nSPS) is 13.7. The zero-order valence-electron chi connectivity index (χ0n) is 11.8. The van der Waals surface area contributed by atoms with Gasteiger partial charge in [0, 0.05) is 6.54 Å². The highest BCUT2D eigenvalue weighted by Crippen LogP contribution is 2.13. The number of aliphatic hydroxyl groups excluding tert-OH is 1. The number of nitrogens with one attached hydrogen (secondary N) is 1. The van der Waals surface area contributed by atoms with E-state index in [1.165, 1.54) is 6.92 Å². The Bertz CT molecular complexity index is 478. The van der Waals surface area contributed by atoms with Crippen LogP contribution in [0.2, 0.25) is 0 Å². The Labute approximate surface area is 115 Å². The summed E-state index contributed by atoms with van der Waals surface area (Å²) in [6.07, 6.45) is 1.35. The zero-order valence-corrected chi connectivity index (χ0v) is 12.6. The molecule has 0 aliphatic rings. The Morgan fingerprint density at radius 1 is 1.16 bits per heavy atom. The van der Waals surface area contributed by atoms with Gasteiger partial charge in [-0.05, 0) is 43.4 Å². The lowest BCUT2D eigenvalue weighted by molar-refractivity contribution is 0.198. The molecule has 1 atom stereocenters. The summed E-state index contributed by atoms with van der Waals surface area (Å²) < 4.78 is 26.2. The number of hydrogen-bond acceptors (Lipinski definition) is 3. The second-order valence-corrected chi connectivity index (χ2v) is 7.04. The molecule has 0 radical (unpaired) electrons. The van der Waals surface area contributed by atoms with E-state index in [9.17, 15) is 8.42 Å². The van der Waals surface area contributed by atoms with E-state index in [2.05, 4.69) is 18.6 Å². The third-order valence-electron chi connectivity index (χ3n) is 2.81. The first kappa shape index (κ1) is 16.1. The summed E-state index contributed by atoms with van der Waals surface area (Å²) in [4.78, 5) is 0.237. The lowest BCUT2D eigenvalue weighted by atomic mass is 10.0. The van der Waals surface area contributed by atoms with Crippen LogP contribution in [0.3, 0.4) is 0 Å². The van der Waals surface area contributed by atoms with Crippen LogP contribution in [-0.4, -0.2) is 26.2 Å². The predicted octanol–water partition coefficient (Wildman–Crippen LogP) is 1.93. The summed E-state index contributed by atoms with van der Waals surface area (Å²) in [7, 11) is -3.51. The van der Waals surface area contributed by atoms with Gasteiger partial charge < -0.3 is 5.11 Å². The van der Waals surface area contributed by atoms with Crippen molar-refractivity contribution in [3.63, 3.8) is 0 Å². The Kier molecular flexibility index (Phi) is 5.97. The maximum absolute atomic E-state index is 11.9. The van der Waals surface area contributed by atoms with Gasteiger partial charge in [0.1, 0.15) is 0 Å². The Morgan fingerprint density at radius 3 is 2.21 bits per heavy atom. The monoisotopic (exact) mass is 285 g/mol. The molecule has 1 unspecified atom stereocenters. The van der Waals surface area contributed by atoms with Crippen LogP contribution in [0.5, 0.6) is 0 Å². The molecule has 0 amide bonds. The van der Waals surface area contributed by atoms with Crippen molar-refractivity contribution in [1.29, 1.82) is 0 Å². The molecule has 0 spiro atoms. The number of benzene rings is 1. The quantitative estimate of drug-likeness (QED) is 0.804. The van der Waals surface area contributed by atoms with Gasteiger partial charge in [-0.1, -0.05) is 26.0 Å². The van der Waals surface area contributed by atoms with Gasteiger partial charge in [-0.25, -0.2) is 13.1 Å². The van der Waals surface area contributed by atoms with Gasteiger partial charge in [-0.2, -0.15) is 0 Å². The maximum Gasteiger partial charge on any atom is 0.240 e. The molecule has 0 heterocycles. The van der Waals surface area contributed by atoms with Gasteiger partial charge in [-0.3, -0.25) is 0 Å². The molecule has 1 aromatic carbocycles. The fourth-order valence-corrected chi connectivity index (χ4v) is 2.73. The van der Waals surface area contributed by atoms with Crippen molar-refractivity contribution in [2.24, 2.45) is 5.92 Å². The van der Waals surface area contributed by atoms with Gasteiger partial charge >= 0.3 is 0 Å². The molecule has 1 rings (SSSR count). The molecule has 1 aromatic rings. The van der Waals surface area contributed by atoms with E-state index >= 15 is 0 Å². The Balaban J connectivity index is 2.69. The molecule has 0 aliphatic carbocycles. The molecule has 0 bridgehead atoms. The van der Waals surface area contributed by atoms with Crippen molar-refractivity contribution in [2.75, 3.05) is 6.54 Å². The van der Waals surface area contributed by atoms with Crippen LogP contribution in [0, 0.1) is 5.92 Å². The number of rotatable bonds is 7. The highest BCUT2D eigenvalue weighted by molar-refractivity contribution is 7.89. The van der Waals surface area contributed by atoms with Crippen molar-refractivity contribution in [1.82, 2.24) is 4.72 Å². The highest BCUT2D eigenvalue weighted by Gasteiger charge is 2.14. The molecule has 4 nitrogen and oxygen atoms in total.